The number of hydrogen-bond donors (Lipinski definition) is 0. The third-order valence-corrected chi connectivity index (χ3v) is 6.90. The van der Waals surface area contributed by atoms with Crippen LogP contribution in [0.2, 0.25) is 0 Å². The van der Waals surface area contributed by atoms with E-state index in [-0.39, 0.29) is 75.4 Å². The molecule has 12 heteroatoms. The first-order chi connectivity index (χ1) is 24.3. The zero-order valence-electron chi connectivity index (χ0n) is 28.0. The molecule has 0 aliphatic heterocycles. The molecule has 12 nitrogen and oxygen atoms in total. The number of hydroxylamine groups is 4. The largest absolute Gasteiger partial charge is 0.426 e. The summed E-state index contributed by atoms with van der Waals surface area (Å²) in [5, 5.41) is 2.36. The Labute approximate surface area is 290 Å². The third-order valence-electron chi connectivity index (χ3n) is 6.90. The number of ether oxygens (including phenoxy) is 4. The van der Waals surface area contributed by atoms with Crippen molar-refractivity contribution in [1.29, 1.82) is 0 Å². The highest BCUT2D eigenvalue weighted by atomic mass is 16.7. The van der Waals surface area contributed by atoms with E-state index in [0.29, 0.717) is 0 Å². The first-order valence-electron chi connectivity index (χ1n) is 16.0. The van der Waals surface area contributed by atoms with Gasteiger partial charge >= 0.3 is 11.9 Å². The first kappa shape index (κ1) is 37.4. The van der Waals surface area contributed by atoms with Gasteiger partial charge in [0.2, 0.25) is 0 Å². The second-order valence-corrected chi connectivity index (χ2v) is 10.7. The minimum Gasteiger partial charge on any atom is -0.426 e. The van der Waals surface area contributed by atoms with E-state index < -0.39 is 23.8 Å². The van der Waals surface area contributed by atoms with E-state index in [1.807, 2.05) is 60.7 Å². The van der Waals surface area contributed by atoms with Crippen molar-refractivity contribution < 1.29 is 47.8 Å². The van der Waals surface area contributed by atoms with E-state index in [2.05, 4.69) is 0 Å². The van der Waals surface area contributed by atoms with Crippen molar-refractivity contribution in [2.75, 3.05) is 39.5 Å². The molecule has 0 atom stereocenters. The molecule has 50 heavy (non-hydrogen) atoms. The molecule has 0 fully saturated rings. The fourth-order valence-electron chi connectivity index (χ4n) is 4.56. The SMILES string of the molecule is CC(=O)Oc1ccccc1C(=O)N(CCOCCOCCN(OCc1ccccc1)C(=O)c1ccccc1OC(C)=O)OCc1ccccc1. The Kier molecular flexibility index (Phi) is 15.1. The van der Waals surface area contributed by atoms with Gasteiger partial charge in [0.1, 0.15) is 24.7 Å². The molecule has 4 rings (SSSR count). The molecule has 0 aliphatic rings. The predicted molar refractivity (Wildman–Crippen MR) is 182 cm³/mol. The summed E-state index contributed by atoms with van der Waals surface area (Å²) in [6.45, 7) is 3.59. The van der Waals surface area contributed by atoms with Gasteiger partial charge < -0.3 is 18.9 Å². The van der Waals surface area contributed by atoms with Gasteiger partial charge in [-0.25, -0.2) is 10.1 Å². The molecule has 0 bridgehead atoms. The summed E-state index contributed by atoms with van der Waals surface area (Å²) in [6.07, 6.45) is 0. The highest BCUT2D eigenvalue weighted by Gasteiger charge is 2.23. The summed E-state index contributed by atoms with van der Waals surface area (Å²) < 4.78 is 21.9. The number of nitrogens with zero attached hydrogens (tertiary/aromatic N) is 2. The molecule has 4 aromatic carbocycles. The second kappa shape index (κ2) is 20.2. The molecule has 0 aromatic heterocycles. The van der Waals surface area contributed by atoms with E-state index in [4.69, 9.17) is 28.6 Å². The summed E-state index contributed by atoms with van der Waals surface area (Å²) in [5.41, 5.74) is 2.07. The number of amides is 2. The van der Waals surface area contributed by atoms with Crippen molar-refractivity contribution in [3.05, 3.63) is 131 Å². The molecule has 4 aromatic rings. The van der Waals surface area contributed by atoms with Crippen molar-refractivity contribution in [2.45, 2.75) is 27.1 Å². The number of benzene rings is 4. The van der Waals surface area contributed by atoms with Crippen LogP contribution in [0.25, 0.3) is 0 Å². The van der Waals surface area contributed by atoms with Gasteiger partial charge in [-0.2, -0.15) is 0 Å². The van der Waals surface area contributed by atoms with Gasteiger partial charge in [-0.3, -0.25) is 28.9 Å². The average molecular weight is 685 g/mol. The van der Waals surface area contributed by atoms with E-state index >= 15 is 0 Å². The van der Waals surface area contributed by atoms with Gasteiger partial charge in [0.15, 0.2) is 0 Å². The summed E-state index contributed by atoms with van der Waals surface area (Å²) >= 11 is 0. The maximum Gasteiger partial charge on any atom is 0.308 e. The van der Waals surface area contributed by atoms with Crippen molar-refractivity contribution in [2.24, 2.45) is 0 Å². The molecule has 0 heterocycles. The fourth-order valence-corrected chi connectivity index (χ4v) is 4.56. The van der Waals surface area contributed by atoms with Crippen LogP contribution < -0.4 is 9.47 Å². The highest BCUT2D eigenvalue weighted by molar-refractivity contribution is 5.97. The van der Waals surface area contributed by atoms with Crippen LogP contribution in [-0.2, 0) is 42.0 Å². The van der Waals surface area contributed by atoms with Crippen LogP contribution in [0.3, 0.4) is 0 Å². The van der Waals surface area contributed by atoms with Crippen LogP contribution in [0.5, 0.6) is 11.5 Å². The molecule has 2 amide bonds. The number of hydrogen-bond acceptors (Lipinski definition) is 10. The van der Waals surface area contributed by atoms with E-state index in [1.165, 1.54) is 36.1 Å². The zero-order valence-corrected chi connectivity index (χ0v) is 28.0. The normalized spacial score (nSPS) is 10.7. The van der Waals surface area contributed by atoms with E-state index in [1.54, 1.807) is 36.4 Å². The lowest BCUT2D eigenvalue weighted by atomic mass is 10.2. The Morgan fingerprint density at radius 2 is 0.840 bits per heavy atom. The Hall–Kier alpha value is -5.40. The van der Waals surface area contributed by atoms with Crippen molar-refractivity contribution >= 4 is 23.8 Å². The van der Waals surface area contributed by atoms with Gasteiger partial charge in [-0.05, 0) is 35.4 Å². The third kappa shape index (κ3) is 12.2. The van der Waals surface area contributed by atoms with Gasteiger partial charge in [-0.15, -0.1) is 0 Å². The molecule has 0 saturated carbocycles. The maximum absolute atomic E-state index is 13.5. The Morgan fingerprint density at radius 3 is 1.22 bits per heavy atom. The number of esters is 2. The fraction of sp³-hybridized carbons (Fsp3) is 0.263. The molecule has 0 saturated heterocycles. The lowest BCUT2D eigenvalue weighted by Gasteiger charge is -2.23. The van der Waals surface area contributed by atoms with Gasteiger partial charge in [0.25, 0.3) is 11.8 Å². The summed E-state index contributed by atoms with van der Waals surface area (Å²) in [7, 11) is 0. The van der Waals surface area contributed by atoms with Crippen LogP contribution in [0.15, 0.2) is 109 Å². The van der Waals surface area contributed by atoms with Crippen LogP contribution >= 0.6 is 0 Å². The summed E-state index contributed by atoms with van der Waals surface area (Å²) in [4.78, 5) is 61.9. The molecule has 0 N–H and O–H groups in total. The van der Waals surface area contributed by atoms with E-state index in [0.717, 1.165) is 11.1 Å². The molecule has 262 valence electrons. The highest BCUT2D eigenvalue weighted by Crippen LogP contribution is 2.22. The lowest BCUT2D eigenvalue weighted by molar-refractivity contribution is -0.146. The van der Waals surface area contributed by atoms with Crippen LogP contribution in [-0.4, -0.2) is 73.4 Å². The Balaban J connectivity index is 1.29. The minimum absolute atomic E-state index is 0.0808. The standard InChI is InChI=1S/C38H40N2O10/c1-29(41)49-35-19-11-9-17-33(35)37(43)39(47-27-31-13-5-3-6-14-31)21-23-45-25-26-46-24-22-40(48-28-32-15-7-4-8-16-32)38(44)34-18-10-12-20-36(34)50-30(2)42/h3-20H,21-28H2,1-2H3. The quantitative estimate of drug-likeness (QED) is 0.0547. The summed E-state index contributed by atoms with van der Waals surface area (Å²) in [5.74, 6) is -1.83. The molecule has 0 radical (unpaired) electrons. The predicted octanol–water partition coefficient (Wildman–Crippen LogP) is 5.42. The monoisotopic (exact) mass is 684 g/mol. The minimum atomic E-state index is -0.549. The number of rotatable bonds is 19. The van der Waals surface area contributed by atoms with Crippen molar-refractivity contribution in [3.8, 4) is 11.5 Å². The molecule has 0 unspecified atom stereocenters. The van der Waals surface area contributed by atoms with Crippen LogP contribution in [0, 0.1) is 0 Å². The smallest absolute Gasteiger partial charge is 0.308 e. The van der Waals surface area contributed by atoms with Gasteiger partial charge in [-0.1, -0.05) is 84.9 Å². The second-order valence-electron chi connectivity index (χ2n) is 10.7. The van der Waals surface area contributed by atoms with Crippen LogP contribution in [0.4, 0.5) is 0 Å². The first-order valence-corrected chi connectivity index (χ1v) is 16.0. The van der Waals surface area contributed by atoms with Crippen LogP contribution in [0.1, 0.15) is 45.7 Å². The Bertz CT molecular complexity index is 1560. The topological polar surface area (TPSA) is 130 Å². The maximum atomic E-state index is 13.5. The number of para-hydroxylation sites is 2. The van der Waals surface area contributed by atoms with E-state index in [9.17, 15) is 19.2 Å². The van der Waals surface area contributed by atoms with Gasteiger partial charge in [0, 0.05) is 13.8 Å². The lowest BCUT2D eigenvalue weighted by Crippen LogP contribution is -2.35. The zero-order chi connectivity index (χ0) is 35.6. The van der Waals surface area contributed by atoms with Crippen molar-refractivity contribution in [3.63, 3.8) is 0 Å². The summed E-state index contributed by atoms with van der Waals surface area (Å²) in [6, 6.07) is 31.6. The average Bonchev–Trinajstić information content (AvgIpc) is 3.12. The molecular weight excluding hydrogens is 644 g/mol. The Morgan fingerprint density at radius 1 is 0.480 bits per heavy atom. The molecule has 0 spiro atoms. The van der Waals surface area contributed by atoms with Gasteiger partial charge in [0.05, 0.1) is 50.6 Å². The molecular formula is C38H40N2O10. The van der Waals surface area contributed by atoms with Crippen molar-refractivity contribution in [1.82, 2.24) is 10.1 Å². The molecule has 0 aliphatic carbocycles. The number of carbonyl (C=O) groups excluding carboxylic acids is 4. The number of carbonyl (C=O) groups is 4.